The lowest BCUT2D eigenvalue weighted by Gasteiger charge is -2.36. The molecule has 0 spiro atoms. The number of rotatable bonds is 6. The number of nitrogens with one attached hydrogen (secondary N) is 2. The van der Waals surface area contributed by atoms with Gasteiger partial charge in [-0.1, -0.05) is 12.8 Å². The largest absolute Gasteiger partial charge is 0.337 e. The molecule has 0 aromatic carbocycles. The van der Waals surface area contributed by atoms with Crippen LogP contribution in [0.4, 0.5) is 5.95 Å². The second-order valence-electron chi connectivity index (χ2n) is 8.16. The van der Waals surface area contributed by atoms with E-state index in [1.54, 1.807) is 11.8 Å². The highest BCUT2D eigenvalue weighted by Crippen LogP contribution is 2.52. The lowest BCUT2D eigenvalue weighted by atomic mass is 9.70. The molecular weight excluding hydrogens is 344 g/mol. The number of hydrogen-bond acceptors (Lipinski definition) is 6. The number of hydrogen-bond donors (Lipinski definition) is 2. The van der Waals surface area contributed by atoms with E-state index in [1.165, 1.54) is 44.2 Å². The van der Waals surface area contributed by atoms with E-state index in [2.05, 4.69) is 31.5 Å². The molecule has 2 N–H and O–H groups in total. The fraction of sp³-hybridized carbons (Fsp3) is 0.632. The third kappa shape index (κ3) is 2.91. The maximum atomic E-state index is 4.83. The quantitative estimate of drug-likeness (QED) is 0.761. The molecule has 6 rings (SSSR count). The second kappa shape index (κ2) is 6.53. The lowest BCUT2D eigenvalue weighted by Crippen LogP contribution is -2.41. The minimum absolute atomic E-state index is 0.435. The molecule has 2 aromatic rings. The van der Waals surface area contributed by atoms with Gasteiger partial charge in [0.1, 0.15) is 10.1 Å². The Bertz CT molecular complexity index is 778. The fourth-order valence-electron chi connectivity index (χ4n) is 5.04. The Morgan fingerprint density at radius 1 is 1.31 bits per heavy atom. The molecule has 4 aliphatic rings. The molecule has 138 valence electrons. The van der Waals surface area contributed by atoms with Crippen molar-refractivity contribution < 1.29 is 0 Å². The summed E-state index contributed by atoms with van der Waals surface area (Å²) < 4.78 is 0. The Kier molecular flexibility index (Phi) is 4.16. The van der Waals surface area contributed by atoms with Crippen LogP contribution < -0.4 is 10.2 Å². The van der Waals surface area contributed by atoms with Gasteiger partial charge in [0.05, 0.1) is 0 Å². The van der Waals surface area contributed by atoms with Crippen molar-refractivity contribution in [3.05, 3.63) is 24.0 Å². The van der Waals surface area contributed by atoms with Gasteiger partial charge in [-0.25, -0.2) is 9.97 Å². The third-order valence-electron chi connectivity index (χ3n) is 6.29. The van der Waals surface area contributed by atoms with Gasteiger partial charge < -0.3 is 10.2 Å². The van der Waals surface area contributed by atoms with Gasteiger partial charge in [0.2, 0.25) is 5.95 Å². The van der Waals surface area contributed by atoms with Gasteiger partial charge in [0.15, 0.2) is 0 Å². The molecule has 4 fully saturated rings. The lowest BCUT2D eigenvalue weighted by molar-refractivity contribution is 0.196. The summed E-state index contributed by atoms with van der Waals surface area (Å²) in [5.74, 6) is 1.54. The van der Waals surface area contributed by atoms with E-state index in [1.807, 2.05) is 19.3 Å². The monoisotopic (exact) mass is 370 g/mol. The highest BCUT2D eigenvalue weighted by Gasteiger charge is 2.55. The molecule has 6 nitrogen and oxygen atoms in total. The van der Waals surface area contributed by atoms with Gasteiger partial charge in [-0.05, 0) is 56.6 Å². The molecular formula is C19H26N6S. The minimum Gasteiger partial charge on any atom is -0.337 e. The molecule has 0 unspecified atom stereocenters. The van der Waals surface area contributed by atoms with Crippen LogP contribution in [0.5, 0.6) is 0 Å². The van der Waals surface area contributed by atoms with E-state index in [4.69, 9.17) is 4.98 Å². The summed E-state index contributed by atoms with van der Waals surface area (Å²) >= 11 is 1.63. The smallest absolute Gasteiger partial charge is 0.226 e. The standard InChI is InChI=1S/C19H26N6S/c1-20-11-19-9-14(10-19)25(12-19)18-21-7-6-16(22-18)26-17-8-15(23-24-17)13-4-2-3-5-13/h6-8,13-14,20H,2-5,9-12H2,1H3,(H,23,24). The van der Waals surface area contributed by atoms with Gasteiger partial charge >= 0.3 is 0 Å². The predicted octanol–water partition coefficient (Wildman–Crippen LogP) is 3.20. The number of anilines is 1. The van der Waals surface area contributed by atoms with Gasteiger partial charge in [0.25, 0.3) is 0 Å². The van der Waals surface area contributed by atoms with Crippen LogP contribution in [-0.4, -0.2) is 46.3 Å². The van der Waals surface area contributed by atoms with Gasteiger partial charge in [-0.3, -0.25) is 5.10 Å². The topological polar surface area (TPSA) is 69.7 Å². The Hall–Kier alpha value is -1.60. The zero-order valence-electron chi connectivity index (χ0n) is 15.2. The summed E-state index contributed by atoms with van der Waals surface area (Å²) in [6, 6.07) is 4.81. The molecule has 7 heteroatoms. The van der Waals surface area contributed by atoms with E-state index in [9.17, 15) is 0 Å². The molecule has 2 aromatic heterocycles. The Balaban J connectivity index is 1.29. The van der Waals surface area contributed by atoms with Crippen LogP contribution in [0.15, 0.2) is 28.4 Å². The number of aromatic amines is 1. The molecule has 2 saturated carbocycles. The SMILES string of the molecule is CNCC12CC(C1)N(c1nccc(Sc3cc(C4CCCC4)[nH]n3)n1)C2. The van der Waals surface area contributed by atoms with Gasteiger partial charge in [-0.2, -0.15) is 5.10 Å². The van der Waals surface area contributed by atoms with Crippen molar-refractivity contribution in [1.82, 2.24) is 25.5 Å². The van der Waals surface area contributed by atoms with Crippen molar-refractivity contribution in [3.63, 3.8) is 0 Å². The van der Waals surface area contributed by atoms with Crippen molar-refractivity contribution in [2.45, 2.75) is 60.5 Å². The Morgan fingerprint density at radius 2 is 2.15 bits per heavy atom. The molecule has 0 radical (unpaired) electrons. The predicted molar refractivity (Wildman–Crippen MR) is 103 cm³/mol. The first kappa shape index (κ1) is 16.6. The zero-order valence-corrected chi connectivity index (χ0v) is 16.1. The van der Waals surface area contributed by atoms with Crippen LogP contribution >= 0.6 is 11.8 Å². The number of H-pyrrole nitrogens is 1. The maximum absolute atomic E-state index is 4.83. The molecule has 2 aliphatic carbocycles. The summed E-state index contributed by atoms with van der Waals surface area (Å²) in [6.07, 6.45) is 9.66. The average Bonchev–Trinajstić information content (AvgIpc) is 3.38. The van der Waals surface area contributed by atoms with Crippen molar-refractivity contribution in [2.24, 2.45) is 5.41 Å². The van der Waals surface area contributed by atoms with Crippen LogP contribution in [-0.2, 0) is 0 Å². The Labute approximate surface area is 158 Å². The summed E-state index contributed by atoms with van der Waals surface area (Å²) in [6.45, 7) is 2.16. The van der Waals surface area contributed by atoms with Crippen LogP contribution in [0.2, 0.25) is 0 Å². The molecule has 2 bridgehead atoms. The van der Waals surface area contributed by atoms with E-state index in [-0.39, 0.29) is 0 Å². The van der Waals surface area contributed by atoms with E-state index >= 15 is 0 Å². The van der Waals surface area contributed by atoms with Crippen molar-refractivity contribution in [3.8, 4) is 0 Å². The normalized spacial score (nSPS) is 27.9. The number of fused-ring (bicyclic) bond motifs is 1. The number of aromatic nitrogens is 4. The van der Waals surface area contributed by atoms with Gasteiger partial charge in [0, 0.05) is 42.4 Å². The molecule has 0 amide bonds. The first-order chi connectivity index (χ1) is 12.7. The highest BCUT2D eigenvalue weighted by molar-refractivity contribution is 7.99. The highest BCUT2D eigenvalue weighted by atomic mass is 32.2. The first-order valence-electron chi connectivity index (χ1n) is 9.72. The van der Waals surface area contributed by atoms with E-state index in [0.29, 0.717) is 17.4 Å². The zero-order chi connectivity index (χ0) is 17.6. The van der Waals surface area contributed by atoms with Crippen LogP contribution in [0, 0.1) is 5.41 Å². The summed E-state index contributed by atoms with van der Waals surface area (Å²) in [5.41, 5.74) is 1.72. The second-order valence-corrected chi connectivity index (χ2v) is 9.20. The average molecular weight is 371 g/mol. The first-order valence-corrected chi connectivity index (χ1v) is 10.5. The third-order valence-corrected chi connectivity index (χ3v) is 7.14. The fourth-order valence-corrected chi connectivity index (χ4v) is 5.79. The van der Waals surface area contributed by atoms with Crippen molar-refractivity contribution in [2.75, 3.05) is 25.0 Å². The molecule has 4 heterocycles. The Morgan fingerprint density at radius 3 is 2.96 bits per heavy atom. The van der Waals surface area contributed by atoms with Crippen molar-refractivity contribution >= 4 is 17.7 Å². The maximum Gasteiger partial charge on any atom is 0.226 e. The minimum atomic E-state index is 0.435. The van der Waals surface area contributed by atoms with Crippen molar-refractivity contribution in [1.29, 1.82) is 0 Å². The summed E-state index contributed by atoms with van der Waals surface area (Å²) in [7, 11) is 2.04. The molecule has 2 aliphatic heterocycles. The van der Waals surface area contributed by atoms with E-state index < -0.39 is 0 Å². The molecule has 26 heavy (non-hydrogen) atoms. The summed E-state index contributed by atoms with van der Waals surface area (Å²) in [4.78, 5) is 11.8. The van der Waals surface area contributed by atoms with E-state index in [0.717, 1.165) is 29.1 Å². The molecule has 0 atom stereocenters. The van der Waals surface area contributed by atoms with Gasteiger partial charge in [-0.15, -0.1) is 0 Å². The summed E-state index contributed by atoms with van der Waals surface area (Å²) in [5, 5.41) is 13.1. The van der Waals surface area contributed by atoms with Crippen LogP contribution in [0.3, 0.4) is 0 Å². The molecule has 2 saturated heterocycles. The number of nitrogens with zero attached hydrogens (tertiary/aromatic N) is 4. The van der Waals surface area contributed by atoms with Crippen LogP contribution in [0.1, 0.15) is 50.1 Å². The van der Waals surface area contributed by atoms with Crippen LogP contribution in [0.25, 0.3) is 0 Å².